The molecule has 3 nitrogen and oxygen atoms in total. The largest absolute Gasteiger partial charge is 0.359 e. The van der Waals surface area contributed by atoms with Crippen molar-refractivity contribution in [1.82, 2.24) is 5.32 Å². The topological polar surface area (TPSA) is 28.5 Å². The van der Waals surface area contributed by atoms with Crippen LogP contribution in [0, 0.1) is 6.92 Å². The molecule has 0 radical (unpaired) electrons. The van der Waals surface area contributed by atoms with Gasteiger partial charge in [-0.15, -0.1) is 0 Å². The van der Waals surface area contributed by atoms with Gasteiger partial charge in [0.15, 0.2) is 5.11 Å². The summed E-state index contributed by atoms with van der Waals surface area (Å²) in [7, 11) is 0. The number of aryl methyl sites for hydroxylation is 1. The van der Waals surface area contributed by atoms with E-state index in [1.807, 2.05) is 12.1 Å². The molecule has 19 heavy (non-hydrogen) atoms. The van der Waals surface area contributed by atoms with E-state index in [1.165, 1.54) is 38.0 Å². The molecule has 0 amide bonds. The van der Waals surface area contributed by atoms with Crippen LogP contribution in [0.25, 0.3) is 0 Å². The van der Waals surface area contributed by atoms with Gasteiger partial charge in [-0.1, -0.05) is 12.1 Å². The first-order valence-corrected chi connectivity index (χ1v) is 7.56. The highest BCUT2D eigenvalue weighted by molar-refractivity contribution is 7.80. The molecule has 1 aliphatic rings. The summed E-state index contributed by atoms with van der Waals surface area (Å²) in [4.78, 5) is 1.70. The molecule has 1 aliphatic heterocycles. The van der Waals surface area contributed by atoms with E-state index in [4.69, 9.17) is 12.2 Å². The number of anilines is 1. The molecule has 104 valence electrons. The molecule has 0 unspecified atom stereocenters. The summed E-state index contributed by atoms with van der Waals surface area (Å²) in [5.41, 5.74) is 2.31. The maximum atomic E-state index is 5.39. The Morgan fingerprint density at radius 3 is 2.74 bits per heavy atom. The molecule has 0 atom stereocenters. The highest BCUT2D eigenvalue weighted by Crippen LogP contribution is 2.09. The molecule has 0 saturated carbocycles. The third-order valence-corrected chi connectivity index (χ3v) is 4.02. The first-order valence-electron chi connectivity index (χ1n) is 7.15. The zero-order chi connectivity index (χ0) is 13.7. The van der Waals surface area contributed by atoms with E-state index in [1.54, 1.807) is 4.90 Å². The van der Waals surface area contributed by atoms with Crippen LogP contribution < -0.4 is 15.5 Å². The number of likely N-dealkylation sites (tertiary alicyclic amines) is 1. The van der Waals surface area contributed by atoms with E-state index < -0.39 is 0 Å². The number of thiocarbonyl (C=S) groups is 1. The van der Waals surface area contributed by atoms with Gasteiger partial charge in [-0.05, 0) is 43.8 Å². The van der Waals surface area contributed by atoms with Gasteiger partial charge in [-0.2, -0.15) is 0 Å². The molecular weight excluding hydrogens is 254 g/mol. The highest BCUT2D eigenvalue weighted by atomic mass is 32.1. The number of hydrogen-bond donors (Lipinski definition) is 3. The fraction of sp³-hybridized carbons (Fsp3) is 0.533. The van der Waals surface area contributed by atoms with Crippen LogP contribution in [-0.2, 0) is 0 Å². The van der Waals surface area contributed by atoms with E-state index in [2.05, 4.69) is 36.6 Å². The molecule has 1 saturated heterocycles. The highest BCUT2D eigenvalue weighted by Gasteiger charge is 2.21. The van der Waals surface area contributed by atoms with Crippen molar-refractivity contribution in [3.05, 3.63) is 29.8 Å². The van der Waals surface area contributed by atoms with Crippen LogP contribution in [0.5, 0.6) is 0 Å². The van der Waals surface area contributed by atoms with Gasteiger partial charge in [0, 0.05) is 24.6 Å². The second kappa shape index (κ2) is 6.87. The van der Waals surface area contributed by atoms with Crippen LogP contribution in [0.4, 0.5) is 5.69 Å². The smallest absolute Gasteiger partial charge is 0.171 e. The van der Waals surface area contributed by atoms with E-state index in [-0.39, 0.29) is 0 Å². The molecule has 1 aromatic carbocycles. The molecule has 0 bridgehead atoms. The molecule has 0 aliphatic carbocycles. The average Bonchev–Trinajstić information content (AvgIpc) is 2.39. The van der Waals surface area contributed by atoms with Crippen molar-refractivity contribution in [1.29, 1.82) is 0 Å². The Bertz CT molecular complexity index is 425. The van der Waals surface area contributed by atoms with E-state index in [0.717, 1.165) is 10.8 Å². The minimum atomic E-state index is 0.528. The molecule has 1 fully saturated rings. The van der Waals surface area contributed by atoms with Crippen molar-refractivity contribution in [3.8, 4) is 0 Å². The van der Waals surface area contributed by atoms with Gasteiger partial charge in [0.2, 0.25) is 0 Å². The Hall–Kier alpha value is -1.13. The van der Waals surface area contributed by atoms with Gasteiger partial charge >= 0.3 is 0 Å². The van der Waals surface area contributed by atoms with Gasteiger partial charge in [-0.25, -0.2) is 0 Å². The van der Waals surface area contributed by atoms with Crippen LogP contribution in [0.2, 0.25) is 0 Å². The fourth-order valence-corrected chi connectivity index (χ4v) is 2.88. The normalized spacial score (nSPS) is 22.8. The molecular formula is C15H24N3S+. The molecule has 2 rings (SSSR count). The van der Waals surface area contributed by atoms with Gasteiger partial charge in [0.1, 0.15) is 0 Å². The maximum absolute atomic E-state index is 5.39. The van der Waals surface area contributed by atoms with Crippen molar-refractivity contribution in [2.75, 3.05) is 25.0 Å². The molecule has 0 aromatic heterocycles. The zero-order valence-corrected chi connectivity index (χ0v) is 12.6. The summed E-state index contributed by atoms with van der Waals surface area (Å²) in [6.07, 6.45) is 2.41. The zero-order valence-electron chi connectivity index (χ0n) is 11.8. The molecule has 4 heteroatoms. The number of benzene rings is 1. The van der Waals surface area contributed by atoms with Gasteiger partial charge in [0.05, 0.1) is 19.6 Å². The van der Waals surface area contributed by atoms with E-state index >= 15 is 0 Å². The van der Waals surface area contributed by atoms with Crippen LogP contribution in [-0.4, -0.2) is 30.8 Å². The van der Waals surface area contributed by atoms with Crippen LogP contribution in [0.15, 0.2) is 24.3 Å². The van der Waals surface area contributed by atoms with Crippen molar-refractivity contribution in [2.45, 2.75) is 32.7 Å². The van der Waals surface area contributed by atoms with Gasteiger partial charge < -0.3 is 15.5 Å². The standard InChI is InChI=1S/C15H23N3S/c1-3-18-9-7-13(8-10-18)16-15(19)17-14-6-4-5-12(2)11-14/h4-6,11,13H,3,7-10H2,1-2H3,(H2,16,17,19)/p+1. The minimum absolute atomic E-state index is 0.528. The quantitative estimate of drug-likeness (QED) is 0.729. The minimum Gasteiger partial charge on any atom is -0.359 e. The summed E-state index contributed by atoms with van der Waals surface area (Å²) in [5.74, 6) is 0. The fourth-order valence-electron chi connectivity index (χ4n) is 2.60. The SMILES string of the molecule is CC[NH+]1CCC(NC(=S)Nc2cccc(C)c2)CC1. The maximum Gasteiger partial charge on any atom is 0.171 e. The van der Waals surface area contributed by atoms with Crippen LogP contribution in [0.3, 0.4) is 0 Å². The van der Waals surface area contributed by atoms with Gasteiger partial charge in [-0.3, -0.25) is 0 Å². The third kappa shape index (κ3) is 4.48. The summed E-state index contributed by atoms with van der Waals surface area (Å²) in [6.45, 7) is 8.08. The Balaban J connectivity index is 1.79. The monoisotopic (exact) mass is 278 g/mol. The summed E-state index contributed by atoms with van der Waals surface area (Å²) >= 11 is 5.39. The molecule has 1 heterocycles. The Kier molecular flexibility index (Phi) is 5.16. The third-order valence-electron chi connectivity index (χ3n) is 3.80. The van der Waals surface area contributed by atoms with Crippen molar-refractivity contribution in [2.24, 2.45) is 0 Å². The second-order valence-corrected chi connectivity index (χ2v) is 5.75. The Morgan fingerprint density at radius 1 is 1.37 bits per heavy atom. The Labute approximate surface area is 121 Å². The predicted molar refractivity (Wildman–Crippen MR) is 84.8 cm³/mol. The predicted octanol–water partition coefficient (Wildman–Crippen LogP) is 1.35. The first-order chi connectivity index (χ1) is 9.17. The van der Waals surface area contributed by atoms with Crippen LogP contribution in [0.1, 0.15) is 25.3 Å². The first kappa shape index (κ1) is 14.3. The average molecular weight is 278 g/mol. The van der Waals surface area contributed by atoms with Crippen molar-refractivity contribution < 1.29 is 4.90 Å². The van der Waals surface area contributed by atoms with Crippen molar-refractivity contribution >= 4 is 23.0 Å². The molecule has 1 aromatic rings. The summed E-state index contributed by atoms with van der Waals surface area (Å²) in [6, 6.07) is 8.82. The second-order valence-electron chi connectivity index (χ2n) is 5.35. The number of nitrogens with one attached hydrogen (secondary N) is 3. The van der Waals surface area contributed by atoms with E-state index in [0.29, 0.717) is 6.04 Å². The number of hydrogen-bond acceptors (Lipinski definition) is 1. The van der Waals surface area contributed by atoms with Gasteiger partial charge in [0.25, 0.3) is 0 Å². The van der Waals surface area contributed by atoms with Crippen LogP contribution >= 0.6 is 12.2 Å². The molecule has 0 spiro atoms. The summed E-state index contributed by atoms with van der Waals surface area (Å²) in [5, 5.41) is 7.45. The summed E-state index contributed by atoms with van der Waals surface area (Å²) < 4.78 is 0. The number of piperidine rings is 1. The number of quaternary nitrogens is 1. The lowest BCUT2D eigenvalue weighted by Gasteiger charge is -2.29. The van der Waals surface area contributed by atoms with Crippen molar-refractivity contribution in [3.63, 3.8) is 0 Å². The number of rotatable bonds is 3. The Morgan fingerprint density at radius 2 is 2.11 bits per heavy atom. The lowest BCUT2D eigenvalue weighted by atomic mass is 10.1. The molecule has 3 N–H and O–H groups in total. The lowest BCUT2D eigenvalue weighted by molar-refractivity contribution is -0.903. The van der Waals surface area contributed by atoms with E-state index in [9.17, 15) is 0 Å². The lowest BCUT2D eigenvalue weighted by Crippen LogP contribution is -3.13.